The molecule has 0 bridgehead atoms. The van der Waals surface area contributed by atoms with Gasteiger partial charge in [-0.15, -0.1) is 0 Å². The molecule has 1 fully saturated rings. The molecule has 0 aromatic heterocycles. The van der Waals surface area contributed by atoms with E-state index in [4.69, 9.17) is 10.1 Å². The third kappa shape index (κ3) is 4.25. The lowest BCUT2D eigenvalue weighted by molar-refractivity contribution is -0.161. The molecule has 142 valence electrons. The molecule has 3 atom stereocenters. The Kier molecular flexibility index (Phi) is 6.43. The number of aliphatic carboxylic acids is 1. The normalized spacial score (nSPS) is 22.9. The summed E-state index contributed by atoms with van der Waals surface area (Å²) >= 11 is 1.05. The zero-order chi connectivity index (χ0) is 19.4. The SMILES string of the molecule is CC(=N)NCCOC(=O)/C=C\SC1=C(C(=O)O)N2C(=O)C([C@H](C)O)C2C1. The van der Waals surface area contributed by atoms with Crippen molar-refractivity contribution in [3.05, 3.63) is 22.1 Å². The van der Waals surface area contributed by atoms with E-state index in [0.717, 1.165) is 11.8 Å². The number of aliphatic hydroxyl groups is 1. The average molecular weight is 383 g/mol. The summed E-state index contributed by atoms with van der Waals surface area (Å²) in [5, 5.41) is 30.3. The number of carbonyl (C=O) groups excluding carboxylic acids is 2. The van der Waals surface area contributed by atoms with Crippen molar-refractivity contribution in [1.29, 1.82) is 5.41 Å². The van der Waals surface area contributed by atoms with Gasteiger partial charge >= 0.3 is 11.9 Å². The molecule has 0 aromatic carbocycles. The van der Waals surface area contributed by atoms with Crippen molar-refractivity contribution in [3.8, 4) is 0 Å². The minimum atomic E-state index is -1.21. The highest BCUT2D eigenvalue weighted by atomic mass is 32.2. The minimum Gasteiger partial charge on any atom is -0.477 e. The number of hydrogen-bond acceptors (Lipinski definition) is 7. The van der Waals surface area contributed by atoms with Crippen LogP contribution >= 0.6 is 11.8 Å². The lowest BCUT2D eigenvalue weighted by atomic mass is 9.83. The fourth-order valence-corrected chi connectivity index (χ4v) is 3.85. The molecule has 1 amide bonds. The Morgan fingerprint density at radius 3 is 2.81 bits per heavy atom. The molecular weight excluding hydrogens is 362 g/mol. The Morgan fingerprint density at radius 2 is 2.23 bits per heavy atom. The number of amides is 1. The van der Waals surface area contributed by atoms with E-state index in [1.807, 2.05) is 0 Å². The first kappa shape index (κ1) is 20.0. The molecule has 0 aromatic rings. The van der Waals surface area contributed by atoms with Gasteiger partial charge in [0.15, 0.2) is 0 Å². The van der Waals surface area contributed by atoms with Crippen LogP contribution in [0.2, 0.25) is 0 Å². The van der Waals surface area contributed by atoms with Crippen LogP contribution in [0.15, 0.2) is 22.1 Å². The number of carboxylic acid groups (broad SMARTS) is 1. The summed E-state index contributed by atoms with van der Waals surface area (Å²) in [7, 11) is 0. The minimum absolute atomic E-state index is 0.0921. The number of ether oxygens (including phenoxy) is 1. The molecule has 0 aliphatic carbocycles. The van der Waals surface area contributed by atoms with Gasteiger partial charge in [-0.25, -0.2) is 9.59 Å². The summed E-state index contributed by atoms with van der Waals surface area (Å²) in [6.45, 7) is 3.52. The number of aliphatic hydroxyl groups excluding tert-OH is 1. The zero-order valence-corrected chi connectivity index (χ0v) is 15.2. The van der Waals surface area contributed by atoms with Crippen LogP contribution in [0.4, 0.5) is 0 Å². The van der Waals surface area contributed by atoms with Gasteiger partial charge in [-0.05, 0) is 19.3 Å². The second kappa shape index (κ2) is 8.37. The Bertz CT molecular complexity index is 687. The maximum Gasteiger partial charge on any atom is 0.353 e. The largest absolute Gasteiger partial charge is 0.477 e. The maximum atomic E-state index is 12.1. The molecule has 2 heterocycles. The van der Waals surface area contributed by atoms with Crippen molar-refractivity contribution in [2.24, 2.45) is 5.92 Å². The van der Waals surface area contributed by atoms with Gasteiger partial charge < -0.3 is 25.2 Å². The molecule has 0 radical (unpaired) electrons. The van der Waals surface area contributed by atoms with Gasteiger partial charge in [0.25, 0.3) is 0 Å². The quantitative estimate of drug-likeness (QED) is 0.117. The Balaban J connectivity index is 1.92. The number of carboxylic acids is 1. The monoisotopic (exact) mass is 383 g/mol. The van der Waals surface area contributed by atoms with Crippen molar-refractivity contribution in [2.45, 2.75) is 32.4 Å². The van der Waals surface area contributed by atoms with E-state index in [-0.39, 0.29) is 24.2 Å². The lowest BCUT2D eigenvalue weighted by Crippen LogP contribution is -2.61. The van der Waals surface area contributed by atoms with Gasteiger partial charge in [-0.1, -0.05) is 11.8 Å². The molecule has 0 spiro atoms. The van der Waals surface area contributed by atoms with Crippen molar-refractivity contribution >= 4 is 35.4 Å². The first-order valence-corrected chi connectivity index (χ1v) is 8.88. The van der Waals surface area contributed by atoms with Gasteiger partial charge in [0.05, 0.1) is 30.4 Å². The number of carbonyl (C=O) groups is 3. The molecule has 0 saturated carbocycles. The molecule has 2 unspecified atom stereocenters. The number of nitrogens with zero attached hydrogens (tertiary/aromatic N) is 1. The molecule has 10 heteroatoms. The standard InChI is InChI=1S/C16H21N3O6S/c1-8(20)13-10-7-11(14(16(23)24)19(10)15(13)22)26-6-3-12(21)25-5-4-18-9(2)17/h3,6,8,10,13,20H,4-5,7H2,1-2H3,(H2,17,18)(H,23,24)/b6-3-/t8-,10?,13?/m0/s1. The fraction of sp³-hybridized carbons (Fsp3) is 0.500. The van der Waals surface area contributed by atoms with Gasteiger partial charge in [0, 0.05) is 17.4 Å². The third-order valence-corrected chi connectivity index (χ3v) is 4.96. The molecule has 2 aliphatic heterocycles. The number of thioether (sulfide) groups is 1. The van der Waals surface area contributed by atoms with Crippen LogP contribution in [0.25, 0.3) is 0 Å². The van der Waals surface area contributed by atoms with Crippen LogP contribution in [-0.2, 0) is 19.1 Å². The van der Waals surface area contributed by atoms with Crippen molar-refractivity contribution in [1.82, 2.24) is 10.2 Å². The molecule has 2 rings (SSSR count). The smallest absolute Gasteiger partial charge is 0.353 e. The summed E-state index contributed by atoms with van der Waals surface area (Å²) < 4.78 is 4.92. The first-order valence-electron chi connectivity index (χ1n) is 8.00. The molecular formula is C16H21N3O6S. The highest BCUT2D eigenvalue weighted by Gasteiger charge is 2.56. The van der Waals surface area contributed by atoms with E-state index >= 15 is 0 Å². The van der Waals surface area contributed by atoms with Crippen LogP contribution in [0.3, 0.4) is 0 Å². The predicted molar refractivity (Wildman–Crippen MR) is 94.2 cm³/mol. The first-order chi connectivity index (χ1) is 12.2. The number of hydrogen-bond donors (Lipinski definition) is 4. The van der Waals surface area contributed by atoms with Gasteiger partial charge in [-0.2, -0.15) is 0 Å². The number of rotatable bonds is 8. The maximum absolute atomic E-state index is 12.1. The summed E-state index contributed by atoms with van der Waals surface area (Å²) in [5.41, 5.74) is -0.0921. The van der Waals surface area contributed by atoms with Gasteiger partial charge in [-0.3, -0.25) is 10.2 Å². The van der Waals surface area contributed by atoms with E-state index in [2.05, 4.69) is 5.32 Å². The molecule has 26 heavy (non-hydrogen) atoms. The van der Waals surface area contributed by atoms with Crippen LogP contribution in [-0.4, -0.2) is 64.1 Å². The molecule has 1 saturated heterocycles. The Morgan fingerprint density at radius 1 is 1.54 bits per heavy atom. The van der Waals surface area contributed by atoms with Crippen molar-refractivity contribution in [3.63, 3.8) is 0 Å². The third-order valence-electron chi connectivity index (χ3n) is 4.04. The van der Waals surface area contributed by atoms with E-state index in [9.17, 15) is 24.6 Å². The second-order valence-electron chi connectivity index (χ2n) is 5.96. The Hall–Kier alpha value is -2.33. The lowest BCUT2D eigenvalue weighted by Gasteiger charge is -2.44. The summed E-state index contributed by atoms with van der Waals surface area (Å²) in [6.07, 6.45) is 0.667. The highest BCUT2D eigenvalue weighted by Crippen LogP contribution is 2.47. The molecule has 2 aliphatic rings. The molecule has 4 N–H and O–H groups in total. The molecule has 9 nitrogen and oxygen atoms in total. The van der Waals surface area contributed by atoms with E-state index in [0.29, 0.717) is 17.9 Å². The van der Waals surface area contributed by atoms with E-state index < -0.39 is 29.9 Å². The number of nitrogens with one attached hydrogen (secondary N) is 2. The van der Waals surface area contributed by atoms with E-state index in [1.54, 1.807) is 6.92 Å². The average Bonchev–Trinajstić information content (AvgIpc) is 2.85. The van der Waals surface area contributed by atoms with E-state index in [1.165, 1.54) is 23.3 Å². The van der Waals surface area contributed by atoms with Crippen LogP contribution in [0.1, 0.15) is 20.3 Å². The van der Waals surface area contributed by atoms with Gasteiger partial charge in [0.1, 0.15) is 12.3 Å². The number of amidine groups is 1. The number of esters is 1. The van der Waals surface area contributed by atoms with Crippen molar-refractivity contribution in [2.75, 3.05) is 13.2 Å². The second-order valence-corrected chi connectivity index (χ2v) is 6.96. The van der Waals surface area contributed by atoms with Crippen LogP contribution in [0, 0.1) is 11.3 Å². The number of β-lactam (4-membered cyclic amide) rings is 1. The number of fused-ring (bicyclic) bond motifs is 1. The summed E-state index contributed by atoms with van der Waals surface area (Å²) in [4.78, 5) is 36.8. The van der Waals surface area contributed by atoms with Gasteiger partial charge in [0.2, 0.25) is 5.91 Å². The fourth-order valence-electron chi connectivity index (χ4n) is 2.95. The van der Waals surface area contributed by atoms with Crippen LogP contribution in [0.5, 0.6) is 0 Å². The van der Waals surface area contributed by atoms with Crippen LogP contribution < -0.4 is 5.32 Å². The highest BCUT2D eigenvalue weighted by molar-refractivity contribution is 8.05. The predicted octanol–water partition coefficient (Wildman–Crippen LogP) is 0.271. The zero-order valence-electron chi connectivity index (χ0n) is 14.4. The topological polar surface area (TPSA) is 140 Å². The summed E-state index contributed by atoms with van der Waals surface area (Å²) in [6, 6.07) is -0.355. The Labute approximate surface area is 154 Å². The summed E-state index contributed by atoms with van der Waals surface area (Å²) in [5.74, 6) is -2.51. The van der Waals surface area contributed by atoms with Crippen molar-refractivity contribution < 1.29 is 29.3 Å².